The molecule has 3 heterocycles. The van der Waals surface area contributed by atoms with Crippen molar-refractivity contribution in [2.24, 2.45) is 0 Å². The molecule has 140 valence electrons. The van der Waals surface area contributed by atoms with E-state index in [2.05, 4.69) is 25.3 Å². The Morgan fingerprint density at radius 1 is 0.964 bits per heavy atom. The standard InChI is InChI=1S/C20H16F2N6/c1-28(2)19-10-18(24-11-25-19)26-16-9-17(14-8-12(21)5-6-15(14)22)27-20-13(16)4-3-7-23-20/h3-11H,1-2H3,(H,23,24,25,26,27). The topological polar surface area (TPSA) is 66.8 Å². The van der Waals surface area contributed by atoms with Gasteiger partial charge in [-0.3, -0.25) is 0 Å². The summed E-state index contributed by atoms with van der Waals surface area (Å²) in [4.78, 5) is 18.9. The number of halogens is 2. The summed E-state index contributed by atoms with van der Waals surface area (Å²) in [6.07, 6.45) is 3.05. The van der Waals surface area contributed by atoms with Crippen molar-refractivity contribution in [2.45, 2.75) is 0 Å². The Labute approximate surface area is 159 Å². The molecule has 0 saturated heterocycles. The zero-order chi connectivity index (χ0) is 19.7. The van der Waals surface area contributed by atoms with Crippen LogP contribution in [0.3, 0.4) is 0 Å². The molecule has 0 aliphatic carbocycles. The molecule has 28 heavy (non-hydrogen) atoms. The smallest absolute Gasteiger partial charge is 0.161 e. The van der Waals surface area contributed by atoms with Gasteiger partial charge in [-0.05, 0) is 36.4 Å². The van der Waals surface area contributed by atoms with Crippen LogP contribution in [-0.2, 0) is 0 Å². The zero-order valence-corrected chi connectivity index (χ0v) is 15.2. The fourth-order valence-corrected chi connectivity index (χ4v) is 2.79. The molecule has 0 fully saturated rings. The van der Waals surface area contributed by atoms with Gasteiger partial charge in [0, 0.05) is 37.3 Å². The van der Waals surface area contributed by atoms with Gasteiger partial charge in [0.2, 0.25) is 0 Å². The first-order chi connectivity index (χ1) is 13.5. The first-order valence-corrected chi connectivity index (χ1v) is 8.49. The van der Waals surface area contributed by atoms with Crippen molar-refractivity contribution in [3.8, 4) is 11.3 Å². The molecular weight excluding hydrogens is 362 g/mol. The highest BCUT2D eigenvalue weighted by Gasteiger charge is 2.13. The molecule has 3 aromatic heterocycles. The van der Waals surface area contributed by atoms with Crippen LogP contribution in [0.5, 0.6) is 0 Å². The largest absolute Gasteiger partial charge is 0.363 e. The minimum Gasteiger partial charge on any atom is -0.363 e. The van der Waals surface area contributed by atoms with E-state index in [0.29, 0.717) is 17.2 Å². The van der Waals surface area contributed by atoms with E-state index in [9.17, 15) is 8.78 Å². The molecule has 1 N–H and O–H groups in total. The van der Waals surface area contributed by atoms with Crippen molar-refractivity contribution in [1.82, 2.24) is 19.9 Å². The fourth-order valence-electron chi connectivity index (χ4n) is 2.79. The van der Waals surface area contributed by atoms with E-state index in [0.717, 1.165) is 29.4 Å². The Bertz CT molecular complexity index is 1160. The molecule has 0 unspecified atom stereocenters. The maximum Gasteiger partial charge on any atom is 0.161 e. The normalized spacial score (nSPS) is 10.9. The Balaban J connectivity index is 1.85. The molecule has 0 atom stereocenters. The predicted octanol–water partition coefficient (Wildman–Crippen LogP) is 4.17. The molecule has 0 radical (unpaired) electrons. The molecule has 1 aromatic carbocycles. The Morgan fingerprint density at radius 2 is 1.82 bits per heavy atom. The van der Waals surface area contributed by atoms with Gasteiger partial charge in [-0.15, -0.1) is 0 Å². The first kappa shape index (κ1) is 17.7. The average molecular weight is 378 g/mol. The van der Waals surface area contributed by atoms with Crippen molar-refractivity contribution < 1.29 is 8.78 Å². The summed E-state index contributed by atoms with van der Waals surface area (Å²) >= 11 is 0. The Hall–Kier alpha value is -3.68. The third kappa shape index (κ3) is 3.44. The zero-order valence-electron chi connectivity index (χ0n) is 15.2. The second kappa shape index (κ2) is 7.15. The number of nitrogens with zero attached hydrogens (tertiary/aromatic N) is 5. The summed E-state index contributed by atoms with van der Waals surface area (Å²) in [6, 6.07) is 10.3. The maximum absolute atomic E-state index is 14.3. The van der Waals surface area contributed by atoms with E-state index >= 15 is 0 Å². The van der Waals surface area contributed by atoms with Gasteiger partial charge in [0.25, 0.3) is 0 Å². The molecule has 0 saturated carbocycles. The Kier molecular flexibility index (Phi) is 4.52. The number of rotatable bonds is 4. The molecule has 0 aliphatic heterocycles. The molecule has 4 aromatic rings. The van der Waals surface area contributed by atoms with Crippen LogP contribution < -0.4 is 10.2 Å². The number of hydrogen-bond acceptors (Lipinski definition) is 6. The van der Waals surface area contributed by atoms with Gasteiger partial charge in [0.05, 0.1) is 11.4 Å². The number of anilines is 3. The molecule has 6 nitrogen and oxygen atoms in total. The van der Waals surface area contributed by atoms with Gasteiger partial charge in [0.1, 0.15) is 29.6 Å². The number of aromatic nitrogens is 4. The summed E-state index contributed by atoms with van der Waals surface area (Å²) in [5.74, 6) is 0.179. The lowest BCUT2D eigenvalue weighted by Crippen LogP contribution is -2.11. The maximum atomic E-state index is 14.3. The lowest BCUT2D eigenvalue weighted by atomic mass is 10.1. The van der Waals surface area contributed by atoms with Gasteiger partial charge in [-0.2, -0.15) is 0 Å². The van der Waals surface area contributed by atoms with E-state index < -0.39 is 11.6 Å². The van der Waals surface area contributed by atoms with Crippen molar-refractivity contribution in [3.63, 3.8) is 0 Å². The van der Waals surface area contributed by atoms with Crippen LogP contribution in [0, 0.1) is 11.6 Å². The molecule has 4 rings (SSSR count). The van der Waals surface area contributed by atoms with Crippen LogP contribution in [0.15, 0.2) is 55.0 Å². The predicted molar refractivity (Wildman–Crippen MR) is 105 cm³/mol. The monoisotopic (exact) mass is 378 g/mol. The molecule has 8 heteroatoms. The SMILES string of the molecule is CN(C)c1cc(Nc2cc(-c3cc(F)ccc3F)nc3ncccc23)ncn1. The van der Waals surface area contributed by atoms with Crippen molar-refractivity contribution >= 4 is 28.4 Å². The molecule has 0 aliphatic rings. The molecule has 0 spiro atoms. The number of hydrogen-bond donors (Lipinski definition) is 1. The number of pyridine rings is 2. The van der Waals surface area contributed by atoms with Crippen LogP contribution >= 0.6 is 0 Å². The second-order valence-electron chi connectivity index (χ2n) is 6.33. The number of fused-ring (bicyclic) bond motifs is 1. The van der Waals surface area contributed by atoms with Gasteiger partial charge in [-0.25, -0.2) is 28.7 Å². The summed E-state index contributed by atoms with van der Waals surface area (Å²) < 4.78 is 27.9. The minimum absolute atomic E-state index is 0.0623. The highest BCUT2D eigenvalue weighted by Crippen LogP contribution is 2.31. The van der Waals surface area contributed by atoms with Gasteiger partial charge < -0.3 is 10.2 Å². The van der Waals surface area contributed by atoms with Crippen LogP contribution in [0.2, 0.25) is 0 Å². The van der Waals surface area contributed by atoms with E-state index in [1.54, 1.807) is 24.4 Å². The summed E-state index contributed by atoms with van der Waals surface area (Å²) in [7, 11) is 3.76. The molecule has 0 bridgehead atoms. The van der Waals surface area contributed by atoms with E-state index in [1.807, 2.05) is 25.1 Å². The quantitative estimate of drug-likeness (QED) is 0.575. The highest BCUT2D eigenvalue weighted by molar-refractivity contribution is 5.93. The number of benzene rings is 1. The van der Waals surface area contributed by atoms with Gasteiger partial charge >= 0.3 is 0 Å². The van der Waals surface area contributed by atoms with Crippen molar-refractivity contribution in [3.05, 3.63) is 66.6 Å². The summed E-state index contributed by atoms with van der Waals surface area (Å²) in [5.41, 5.74) is 1.37. The van der Waals surface area contributed by atoms with Crippen LogP contribution in [0.4, 0.5) is 26.1 Å². The molecule has 0 amide bonds. The number of nitrogens with one attached hydrogen (secondary N) is 1. The second-order valence-corrected chi connectivity index (χ2v) is 6.33. The average Bonchev–Trinajstić information content (AvgIpc) is 2.70. The highest BCUT2D eigenvalue weighted by atomic mass is 19.1. The third-order valence-corrected chi connectivity index (χ3v) is 4.16. The Morgan fingerprint density at radius 3 is 2.64 bits per heavy atom. The lowest BCUT2D eigenvalue weighted by Gasteiger charge is -2.14. The van der Waals surface area contributed by atoms with Crippen molar-refractivity contribution in [2.75, 3.05) is 24.3 Å². The third-order valence-electron chi connectivity index (χ3n) is 4.16. The lowest BCUT2D eigenvalue weighted by molar-refractivity contribution is 0.602. The van der Waals surface area contributed by atoms with E-state index in [-0.39, 0.29) is 11.3 Å². The minimum atomic E-state index is -0.563. The van der Waals surface area contributed by atoms with Crippen molar-refractivity contribution in [1.29, 1.82) is 0 Å². The van der Waals surface area contributed by atoms with Crippen LogP contribution in [0.1, 0.15) is 0 Å². The molecular formula is C20H16F2N6. The first-order valence-electron chi connectivity index (χ1n) is 8.49. The summed E-state index contributed by atoms with van der Waals surface area (Å²) in [5, 5.41) is 3.94. The summed E-state index contributed by atoms with van der Waals surface area (Å²) in [6.45, 7) is 0. The van der Waals surface area contributed by atoms with E-state index in [4.69, 9.17) is 0 Å². The van der Waals surface area contributed by atoms with E-state index in [1.165, 1.54) is 6.33 Å². The fraction of sp³-hybridized carbons (Fsp3) is 0.100. The van der Waals surface area contributed by atoms with Crippen LogP contribution in [-0.4, -0.2) is 34.0 Å². The van der Waals surface area contributed by atoms with Crippen LogP contribution in [0.25, 0.3) is 22.3 Å². The van der Waals surface area contributed by atoms with Gasteiger partial charge in [-0.1, -0.05) is 0 Å². The van der Waals surface area contributed by atoms with Gasteiger partial charge in [0.15, 0.2) is 5.65 Å².